The van der Waals surface area contributed by atoms with E-state index in [1.807, 2.05) is 24.3 Å². The average Bonchev–Trinajstić information content (AvgIpc) is 2.49. The maximum atomic E-state index is 9.02. The average molecular weight is 268 g/mol. The summed E-state index contributed by atoms with van der Waals surface area (Å²) in [4.78, 5) is 0. The Balaban J connectivity index is 1.94. The molecule has 0 aromatic heterocycles. The van der Waals surface area contributed by atoms with E-state index < -0.39 is 0 Å². The van der Waals surface area contributed by atoms with Gasteiger partial charge >= 0.3 is 0 Å². The van der Waals surface area contributed by atoms with E-state index in [1.165, 1.54) is 0 Å². The SMILES string of the molecule is COc1ccc(CCOc2ccc(N)cc2C#N)cc1. The monoisotopic (exact) mass is 268 g/mol. The van der Waals surface area contributed by atoms with Crippen LogP contribution in [0.15, 0.2) is 42.5 Å². The third kappa shape index (κ3) is 3.42. The van der Waals surface area contributed by atoms with Crippen molar-refractivity contribution in [3.05, 3.63) is 53.6 Å². The van der Waals surface area contributed by atoms with Crippen molar-refractivity contribution >= 4 is 5.69 Å². The highest BCUT2D eigenvalue weighted by Crippen LogP contribution is 2.20. The van der Waals surface area contributed by atoms with Gasteiger partial charge in [-0.2, -0.15) is 5.26 Å². The second-order valence-corrected chi connectivity index (χ2v) is 4.31. The topological polar surface area (TPSA) is 68.3 Å². The van der Waals surface area contributed by atoms with Crippen LogP contribution in [-0.4, -0.2) is 13.7 Å². The van der Waals surface area contributed by atoms with Crippen LogP contribution in [0.2, 0.25) is 0 Å². The number of hydrogen-bond donors (Lipinski definition) is 1. The molecule has 0 heterocycles. The van der Waals surface area contributed by atoms with Crippen molar-refractivity contribution in [1.82, 2.24) is 0 Å². The smallest absolute Gasteiger partial charge is 0.137 e. The molecule has 0 spiro atoms. The highest BCUT2D eigenvalue weighted by atomic mass is 16.5. The van der Waals surface area contributed by atoms with Gasteiger partial charge in [-0.3, -0.25) is 0 Å². The Bertz CT molecular complexity index is 615. The van der Waals surface area contributed by atoms with Gasteiger partial charge in [0.25, 0.3) is 0 Å². The lowest BCUT2D eigenvalue weighted by atomic mass is 10.1. The van der Waals surface area contributed by atoms with Gasteiger partial charge in [-0.15, -0.1) is 0 Å². The van der Waals surface area contributed by atoms with E-state index in [1.54, 1.807) is 25.3 Å². The van der Waals surface area contributed by atoms with Gasteiger partial charge in [-0.05, 0) is 35.9 Å². The molecule has 2 rings (SSSR count). The lowest BCUT2D eigenvalue weighted by Gasteiger charge is -2.08. The highest BCUT2D eigenvalue weighted by molar-refractivity contribution is 5.53. The van der Waals surface area contributed by atoms with Gasteiger partial charge in [0.2, 0.25) is 0 Å². The lowest BCUT2D eigenvalue weighted by molar-refractivity contribution is 0.321. The fraction of sp³-hybridized carbons (Fsp3) is 0.188. The van der Waals surface area contributed by atoms with Crippen LogP contribution in [0.1, 0.15) is 11.1 Å². The molecule has 0 fully saturated rings. The molecule has 0 saturated heterocycles. The van der Waals surface area contributed by atoms with Crippen molar-refractivity contribution < 1.29 is 9.47 Å². The minimum Gasteiger partial charge on any atom is -0.497 e. The molecule has 20 heavy (non-hydrogen) atoms. The number of nitrogens with two attached hydrogens (primary N) is 1. The van der Waals surface area contributed by atoms with Gasteiger partial charge < -0.3 is 15.2 Å². The Morgan fingerprint density at radius 3 is 2.55 bits per heavy atom. The fourth-order valence-corrected chi connectivity index (χ4v) is 1.83. The molecule has 2 N–H and O–H groups in total. The molecule has 0 atom stereocenters. The van der Waals surface area contributed by atoms with Gasteiger partial charge in [0.05, 0.1) is 19.3 Å². The maximum absolute atomic E-state index is 9.02. The predicted octanol–water partition coefficient (Wildman–Crippen LogP) is 2.77. The van der Waals surface area contributed by atoms with E-state index in [2.05, 4.69) is 6.07 Å². The van der Waals surface area contributed by atoms with Gasteiger partial charge in [0, 0.05) is 12.1 Å². The number of anilines is 1. The third-order valence-electron chi connectivity index (χ3n) is 2.93. The van der Waals surface area contributed by atoms with Gasteiger partial charge in [0.1, 0.15) is 17.6 Å². The first-order chi connectivity index (χ1) is 9.72. The number of rotatable bonds is 5. The third-order valence-corrected chi connectivity index (χ3v) is 2.93. The molecule has 4 heteroatoms. The largest absolute Gasteiger partial charge is 0.497 e. The summed E-state index contributed by atoms with van der Waals surface area (Å²) in [6.07, 6.45) is 0.763. The molecule has 4 nitrogen and oxygen atoms in total. The van der Waals surface area contributed by atoms with Crippen molar-refractivity contribution in [3.8, 4) is 17.6 Å². The fourth-order valence-electron chi connectivity index (χ4n) is 1.83. The van der Waals surface area contributed by atoms with E-state index >= 15 is 0 Å². The Hall–Kier alpha value is -2.67. The van der Waals surface area contributed by atoms with Crippen molar-refractivity contribution in [2.45, 2.75) is 6.42 Å². The molecule has 0 bridgehead atoms. The summed E-state index contributed by atoms with van der Waals surface area (Å²) < 4.78 is 10.7. The maximum Gasteiger partial charge on any atom is 0.137 e. The van der Waals surface area contributed by atoms with Crippen LogP contribution in [0.3, 0.4) is 0 Å². The standard InChI is InChI=1S/C16H16N2O2/c1-19-15-5-2-12(3-6-15)8-9-20-16-7-4-14(18)10-13(16)11-17/h2-7,10H,8-9,18H2,1H3. The van der Waals surface area contributed by atoms with Crippen LogP contribution in [0.5, 0.6) is 11.5 Å². The van der Waals surface area contributed by atoms with Crippen LogP contribution < -0.4 is 15.2 Å². The quantitative estimate of drug-likeness (QED) is 0.847. The van der Waals surface area contributed by atoms with Gasteiger partial charge in [-0.1, -0.05) is 12.1 Å². The number of benzene rings is 2. The minimum absolute atomic E-state index is 0.458. The summed E-state index contributed by atoms with van der Waals surface area (Å²) >= 11 is 0. The first-order valence-corrected chi connectivity index (χ1v) is 6.28. The molecule has 102 valence electrons. The second-order valence-electron chi connectivity index (χ2n) is 4.31. The Labute approximate surface area is 118 Å². The van der Waals surface area contributed by atoms with E-state index in [0.29, 0.717) is 23.6 Å². The molecule has 2 aromatic rings. The van der Waals surface area contributed by atoms with Crippen LogP contribution in [0, 0.1) is 11.3 Å². The zero-order valence-electron chi connectivity index (χ0n) is 11.3. The first-order valence-electron chi connectivity index (χ1n) is 6.28. The number of methoxy groups -OCH3 is 1. The summed E-state index contributed by atoms with van der Waals surface area (Å²) in [6, 6.07) is 15.0. The molecule has 2 aromatic carbocycles. The Morgan fingerprint density at radius 1 is 1.15 bits per heavy atom. The van der Waals surface area contributed by atoms with E-state index in [4.69, 9.17) is 20.5 Å². The van der Waals surface area contributed by atoms with Crippen LogP contribution in [0.25, 0.3) is 0 Å². The molecular weight excluding hydrogens is 252 g/mol. The molecule has 0 aliphatic carbocycles. The van der Waals surface area contributed by atoms with E-state index in [-0.39, 0.29) is 0 Å². The van der Waals surface area contributed by atoms with Crippen molar-refractivity contribution in [2.24, 2.45) is 0 Å². The Kier molecular flexibility index (Phi) is 4.46. The highest BCUT2D eigenvalue weighted by Gasteiger charge is 2.04. The van der Waals surface area contributed by atoms with Crippen molar-refractivity contribution in [3.63, 3.8) is 0 Å². The second kappa shape index (κ2) is 6.48. The first kappa shape index (κ1) is 13.8. The number of ether oxygens (including phenoxy) is 2. The van der Waals surface area contributed by atoms with Gasteiger partial charge in [-0.25, -0.2) is 0 Å². The van der Waals surface area contributed by atoms with Crippen molar-refractivity contribution in [1.29, 1.82) is 5.26 Å². The minimum atomic E-state index is 0.458. The number of nitrogen functional groups attached to an aromatic ring is 1. The molecule has 0 saturated carbocycles. The predicted molar refractivity (Wildman–Crippen MR) is 77.8 cm³/mol. The summed E-state index contributed by atoms with van der Waals surface area (Å²) in [7, 11) is 1.64. The zero-order valence-corrected chi connectivity index (χ0v) is 11.3. The number of nitrogens with zero attached hydrogens (tertiary/aromatic N) is 1. The van der Waals surface area contributed by atoms with E-state index in [0.717, 1.165) is 17.7 Å². The summed E-state index contributed by atoms with van der Waals surface area (Å²) in [6.45, 7) is 0.505. The molecule has 0 aliphatic heterocycles. The summed E-state index contributed by atoms with van der Waals surface area (Å²) in [5, 5.41) is 9.02. The normalized spacial score (nSPS) is 9.80. The Morgan fingerprint density at radius 2 is 1.90 bits per heavy atom. The zero-order chi connectivity index (χ0) is 14.4. The van der Waals surface area contributed by atoms with Crippen molar-refractivity contribution in [2.75, 3.05) is 19.5 Å². The molecule has 0 aliphatic rings. The van der Waals surface area contributed by atoms with Crippen LogP contribution in [0.4, 0.5) is 5.69 Å². The molecular formula is C16H16N2O2. The van der Waals surface area contributed by atoms with E-state index in [9.17, 15) is 0 Å². The van der Waals surface area contributed by atoms with Crippen LogP contribution in [-0.2, 0) is 6.42 Å². The number of nitriles is 1. The molecule has 0 amide bonds. The molecule has 0 unspecified atom stereocenters. The summed E-state index contributed by atoms with van der Waals surface area (Å²) in [5.74, 6) is 1.40. The molecule has 0 radical (unpaired) electrons. The lowest BCUT2D eigenvalue weighted by Crippen LogP contribution is -2.03. The van der Waals surface area contributed by atoms with Gasteiger partial charge in [0.15, 0.2) is 0 Å². The summed E-state index contributed by atoms with van der Waals surface area (Å²) in [5.41, 5.74) is 7.80. The number of hydrogen-bond acceptors (Lipinski definition) is 4. The van der Waals surface area contributed by atoms with Crippen LogP contribution >= 0.6 is 0 Å².